The quantitative estimate of drug-likeness (QED) is 0.758. The summed E-state index contributed by atoms with van der Waals surface area (Å²) in [6.07, 6.45) is 3.56. The van der Waals surface area contributed by atoms with Crippen LogP contribution in [0.2, 0.25) is 0 Å². The molecule has 0 radical (unpaired) electrons. The second-order valence-electron chi connectivity index (χ2n) is 4.96. The molecule has 2 nitrogen and oxygen atoms in total. The normalized spacial score (nSPS) is 17.1. The van der Waals surface area contributed by atoms with Crippen molar-refractivity contribution in [1.29, 1.82) is 5.26 Å². The fraction of sp³-hybridized carbons (Fsp3) is 0.500. The van der Waals surface area contributed by atoms with E-state index in [1.165, 1.54) is 11.1 Å². The highest BCUT2D eigenvalue weighted by molar-refractivity contribution is 5.39. The van der Waals surface area contributed by atoms with Crippen molar-refractivity contribution in [3.05, 3.63) is 29.3 Å². The van der Waals surface area contributed by atoms with E-state index in [1.807, 2.05) is 6.07 Å². The van der Waals surface area contributed by atoms with Crippen LogP contribution < -0.4 is 4.74 Å². The van der Waals surface area contributed by atoms with Crippen molar-refractivity contribution in [1.82, 2.24) is 0 Å². The Kier molecular flexibility index (Phi) is 2.87. The number of nitriles is 1. The lowest BCUT2D eigenvalue weighted by atomic mass is 9.93. The van der Waals surface area contributed by atoms with Gasteiger partial charge in [0.25, 0.3) is 0 Å². The molecule has 0 atom stereocenters. The van der Waals surface area contributed by atoms with Crippen molar-refractivity contribution in [3.63, 3.8) is 0 Å². The smallest absolute Gasteiger partial charge is 0.123 e. The highest BCUT2D eigenvalue weighted by atomic mass is 16.5. The third kappa shape index (κ3) is 2.36. The fourth-order valence-electron chi connectivity index (χ4n) is 2.07. The zero-order valence-corrected chi connectivity index (χ0v) is 9.92. The highest BCUT2D eigenvalue weighted by Crippen LogP contribution is 2.33. The average molecular weight is 215 g/mol. The molecule has 0 spiro atoms. The molecule has 0 bridgehead atoms. The van der Waals surface area contributed by atoms with Crippen molar-refractivity contribution in [2.24, 2.45) is 0 Å². The molecule has 0 aliphatic carbocycles. The number of benzene rings is 1. The van der Waals surface area contributed by atoms with Crippen molar-refractivity contribution in [2.75, 3.05) is 0 Å². The van der Waals surface area contributed by atoms with Gasteiger partial charge in [0.1, 0.15) is 11.4 Å². The molecule has 1 aliphatic rings. The second-order valence-corrected chi connectivity index (χ2v) is 4.96. The Morgan fingerprint density at radius 3 is 3.00 bits per heavy atom. The van der Waals surface area contributed by atoms with Gasteiger partial charge in [0, 0.05) is 6.42 Å². The lowest BCUT2D eigenvalue weighted by Crippen LogP contribution is -2.32. The van der Waals surface area contributed by atoms with Crippen LogP contribution in [-0.2, 0) is 12.8 Å². The lowest BCUT2D eigenvalue weighted by molar-refractivity contribution is 0.0846. The number of hydrogen-bond donors (Lipinski definition) is 0. The van der Waals surface area contributed by atoms with E-state index in [-0.39, 0.29) is 5.60 Å². The number of ether oxygens (including phenoxy) is 1. The van der Waals surface area contributed by atoms with Gasteiger partial charge in [0.15, 0.2) is 0 Å². The minimum Gasteiger partial charge on any atom is -0.488 e. The standard InChI is InChI=1S/C14H17NO/c1-14(2)8-7-12-10-11(4-3-9-15)5-6-13(12)16-14/h5-6,10H,3-4,7-8H2,1-2H3. The molecule has 0 fully saturated rings. The maximum absolute atomic E-state index is 8.56. The lowest BCUT2D eigenvalue weighted by Gasteiger charge is -2.32. The molecule has 0 N–H and O–H groups in total. The summed E-state index contributed by atoms with van der Waals surface area (Å²) in [5.41, 5.74) is 2.49. The van der Waals surface area contributed by atoms with Crippen molar-refractivity contribution in [2.45, 2.75) is 45.1 Å². The first-order valence-electron chi connectivity index (χ1n) is 5.78. The Morgan fingerprint density at radius 1 is 1.44 bits per heavy atom. The van der Waals surface area contributed by atoms with Crippen LogP contribution in [0.15, 0.2) is 18.2 Å². The van der Waals surface area contributed by atoms with E-state index in [1.54, 1.807) is 0 Å². The second kappa shape index (κ2) is 4.17. The van der Waals surface area contributed by atoms with Crippen molar-refractivity contribution < 1.29 is 4.74 Å². The molecule has 1 heterocycles. The molecule has 2 rings (SSSR count). The summed E-state index contributed by atoms with van der Waals surface area (Å²) in [6.45, 7) is 4.25. The first-order valence-corrected chi connectivity index (χ1v) is 5.78. The summed E-state index contributed by atoms with van der Waals surface area (Å²) < 4.78 is 5.91. The number of fused-ring (bicyclic) bond motifs is 1. The molecule has 84 valence electrons. The monoisotopic (exact) mass is 215 g/mol. The third-order valence-corrected chi connectivity index (χ3v) is 3.03. The number of rotatable bonds is 2. The van der Waals surface area contributed by atoms with E-state index in [9.17, 15) is 0 Å². The molecular weight excluding hydrogens is 198 g/mol. The molecule has 16 heavy (non-hydrogen) atoms. The van der Waals surface area contributed by atoms with E-state index in [4.69, 9.17) is 10.00 Å². The van der Waals surface area contributed by atoms with Crippen LogP contribution >= 0.6 is 0 Å². The van der Waals surface area contributed by atoms with Crippen LogP contribution in [0, 0.1) is 11.3 Å². The minimum absolute atomic E-state index is 0.0405. The maximum Gasteiger partial charge on any atom is 0.123 e. The largest absolute Gasteiger partial charge is 0.488 e. The zero-order valence-electron chi connectivity index (χ0n) is 9.92. The van der Waals surface area contributed by atoms with Gasteiger partial charge in [0.05, 0.1) is 6.07 Å². The van der Waals surface area contributed by atoms with Crippen LogP contribution in [0.3, 0.4) is 0 Å². The Labute approximate surface area is 96.9 Å². The van der Waals surface area contributed by atoms with E-state index in [0.717, 1.165) is 25.0 Å². The molecule has 0 saturated carbocycles. The van der Waals surface area contributed by atoms with Gasteiger partial charge in [-0.1, -0.05) is 12.1 Å². The first kappa shape index (κ1) is 11.0. The predicted molar refractivity (Wildman–Crippen MR) is 63.4 cm³/mol. The van der Waals surface area contributed by atoms with E-state index >= 15 is 0 Å². The van der Waals surface area contributed by atoms with Crippen molar-refractivity contribution >= 4 is 0 Å². The Morgan fingerprint density at radius 2 is 2.25 bits per heavy atom. The average Bonchev–Trinajstić information content (AvgIpc) is 2.25. The summed E-state index contributed by atoms with van der Waals surface area (Å²) in [6, 6.07) is 8.47. The molecule has 1 aliphatic heterocycles. The van der Waals surface area contributed by atoms with Gasteiger partial charge in [-0.15, -0.1) is 0 Å². The number of nitrogens with zero attached hydrogens (tertiary/aromatic N) is 1. The van der Waals surface area contributed by atoms with Crippen LogP contribution in [0.25, 0.3) is 0 Å². The predicted octanol–water partition coefficient (Wildman–Crippen LogP) is 3.25. The maximum atomic E-state index is 8.56. The van der Waals surface area contributed by atoms with Gasteiger partial charge in [-0.05, 0) is 50.3 Å². The van der Waals surface area contributed by atoms with Gasteiger partial charge in [0.2, 0.25) is 0 Å². The van der Waals surface area contributed by atoms with E-state index in [2.05, 4.69) is 32.0 Å². The molecule has 1 aromatic rings. The van der Waals surface area contributed by atoms with Crippen LogP contribution in [0.5, 0.6) is 5.75 Å². The molecule has 0 saturated heterocycles. The highest BCUT2D eigenvalue weighted by Gasteiger charge is 2.26. The van der Waals surface area contributed by atoms with Crippen molar-refractivity contribution in [3.8, 4) is 11.8 Å². The molecule has 0 aromatic heterocycles. The SMILES string of the molecule is CC1(C)CCc2cc(CCC#N)ccc2O1. The zero-order chi connectivity index (χ0) is 11.6. The first-order chi connectivity index (χ1) is 7.61. The van der Waals surface area contributed by atoms with E-state index < -0.39 is 0 Å². The summed E-state index contributed by atoms with van der Waals surface area (Å²) in [7, 11) is 0. The van der Waals surface area contributed by atoms with Gasteiger partial charge in [-0.25, -0.2) is 0 Å². The molecular formula is C14H17NO. The van der Waals surface area contributed by atoms with Crippen LogP contribution in [-0.4, -0.2) is 5.60 Å². The van der Waals surface area contributed by atoms with Gasteiger partial charge in [-0.2, -0.15) is 5.26 Å². The topological polar surface area (TPSA) is 33.0 Å². The van der Waals surface area contributed by atoms with E-state index in [0.29, 0.717) is 6.42 Å². The fourth-order valence-corrected chi connectivity index (χ4v) is 2.07. The third-order valence-electron chi connectivity index (χ3n) is 3.03. The Hall–Kier alpha value is -1.49. The molecule has 1 aromatic carbocycles. The van der Waals surface area contributed by atoms with Crippen LogP contribution in [0.1, 0.15) is 37.8 Å². The Bertz CT molecular complexity index is 429. The van der Waals surface area contributed by atoms with Gasteiger partial charge >= 0.3 is 0 Å². The molecule has 2 heteroatoms. The summed E-state index contributed by atoms with van der Waals surface area (Å²) in [4.78, 5) is 0. The van der Waals surface area contributed by atoms with Gasteiger partial charge in [-0.3, -0.25) is 0 Å². The summed E-state index contributed by atoms with van der Waals surface area (Å²) in [5.74, 6) is 1.01. The molecule has 0 unspecified atom stereocenters. The molecule has 0 amide bonds. The Balaban J connectivity index is 2.19. The summed E-state index contributed by atoms with van der Waals surface area (Å²) in [5, 5.41) is 8.56. The summed E-state index contributed by atoms with van der Waals surface area (Å²) >= 11 is 0. The number of hydrogen-bond acceptors (Lipinski definition) is 2. The van der Waals surface area contributed by atoms with Gasteiger partial charge < -0.3 is 4.74 Å². The van der Waals surface area contributed by atoms with Crippen LogP contribution in [0.4, 0.5) is 0 Å². The minimum atomic E-state index is -0.0405. The number of aryl methyl sites for hydroxylation is 2.